The molecule has 0 aliphatic rings. The summed E-state index contributed by atoms with van der Waals surface area (Å²) >= 11 is 0. The van der Waals surface area contributed by atoms with Crippen LogP contribution in [0.4, 0.5) is 22.7 Å². The normalized spacial score (nSPS) is 12.9. The predicted molar refractivity (Wildman–Crippen MR) is 205 cm³/mol. The molecule has 2 aromatic rings. The van der Waals surface area contributed by atoms with Gasteiger partial charge in [0.05, 0.1) is 34.7 Å². The molecule has 0 aromatic heterocycles. The Morgan fingerprint density at radius 3 is 1.80 bits per heavy atom. The third kappa shape index (κ3) is 13.0. The van der Waals surface area contributed by atoms with Gasteiger partial charge in [0.25, 0.3) is 0 Å². The molecule has 278 valence electrons. The molecule has 0 saturated heterocycles. The van der Waals surface area contributed by atoms with Gasteiger partial charge in [-0.15, -0.1) is 10.2 Å². The summed E-state index contributed by atoms with van der Waals surface area (Å²) < 4.78 is 6.29. The summed E-state index contributed by atoms with van der Waals surface area (Å²) in [4.78, 5) is 27.9. The van der Waals surface area contributed by atoms with Gasteiger partial charge in [-0.05, 0) is 62.6 Å². The molecule has 0 saturated carbocycles. The fourth-order valence-corrected chi connectivity index (χ4v) is 6.33. The van der Waals surface area contributed by atoms with Crippen molar-refractivity contribution in [3.8, 4) is 17.9 Å². The Hall–Kier alpha value is -4.44. The zero-order valence-corrected chi connectivity index (χ0v) is 32.1. The number of nitrogens with zero attached hydrogens (tertiary/aromatic N) is 5. The van der Waals surface area contributed by atoms with Crippen molar-refractivity contribution in [2.45, 2.75) is 126 Å². The summed E-state index contributed by atoms with van der Waals surface area (Å²) in [6.07, 6.45) is 12.4. The molecule has 51 heavy (non-hydrogen) atoms. The van der Waals surface area contributed by atoms with Gasteiger partial charge in [-0.1, -0.05) is 92.9 Å². The highest BCUT2D eigenvalue weighted by molar-refractivity contribution is 5.96. The molecule has 0 aliphatic heterocycles. The molecule has 1 amide bonds. The Kier molecular flexibility index (Phi) is 19.4. The number of aromatic carboxylic acids is 1. The van der Waals surface area contributed by atoms with Crippen LogP contribution < -0.4 is 15.0 Å². The highest BCUT2D eigenvalue weighted by atomic mass is 16.5. The first-order chi connectivity index (χ1) is 24.6. The minimum atomic E-state index is -1.26. The number of carboxylic acids is 1. The number of carboxylic acid groups (broad SMARTS) is 1. The van der Waals surface area contributed by atoms with Crippen molar-refractivity contribution in [1.82, 2.24) is 0 Å². The summed E-state index contributed by atoms with van der Waals surface area (Å²) in [6, 6.07) is 9.99. The van der Waals surface area contributed by atoms with Crippen LogP contribution in [-0.2, 0) is 4.79 Å². The van der Waals surface area contributed by atoms with Crippen LogP contribution in [0.2, 0.25) is 0 Å². The average molecular weight is 701 g/mol. The monoisotopic (exact) mass is 700 g/mol. The van der Waals surface area contributed by atoms with E-state index in [9.17, 15) is 25.2 Å². The zero-order chi connectivity index (χ0) is 37.8. The maximum Gasteiger partial charge on any atom is 0.335 e. The molecule has 0 bridgehead atoms. The molecule has 0 heterocycles. The second kappa shape index (κ2) is 23.1. The van der Waals surface area contributed by atoms with Gasteiger partial charge in [-0.25, -0.2) is 4.79 Å². The molecular formula is C41H60N6O4. The Bertz CT molecular complexity index is 1470. The zero-order valence-electron chi connectivity index (χ0n) is 32.1. The summed E-state index contributed by atoms with van der Waals surface area (Å²) in [5.41, 5.74) is 1.26. The molecule has 0 aliphatic carbocycles. The fourth-order valence-electron chi connectivity index (χ4n) is 6.33. The van der Waals surface area contributed by atoms with Crippen LogP contribution in [0, 0.1) is 40.4 Å². The molecule has 0 spiro atoms. The van der Waals surface area contributed by atoms with Crippen molar-refractivity contribution < 1.29 is 19.4 Å². The lowest BCUT2D eigenvalue weighted by Gasteiger charge is -2.34. The lowest BCUT2D eigenvalue weighted by molar-refractivity contribution is -0.120. The topological polar surface area (TPSA) is 151 Å². The maximum absolute atomic E-state index is 13.8. The molecule has 0 radical (unpaired) electrons. The molecule has 3 atom stereocenters. The van der Waals surface area contributed by atoms with Crippen LogP contribution in [-0.4, -0.2) is 36.7 Å². The van der Waals surface area contributed by atoms with E-state index in [0.29, 0.717) is 42.0 Å². The van der Waals surface area contributed by atoms with Crippen LogP contribution in [0.25, 0.3) is 0 Å². The lowest BCUT2D eigenvalue weighted by Crippen LogP contribution is -2.34. The van der Waals surface area contributed by atoms with Crippen molar-refractivity contribution in [1.29, 1.82) is 10.5 Å². The van der Waals surface area contributed by atoms with Crippen LogP contribution in [0.3, 0.4) is 0 Å². The minimum absolute atomic E-state index is 0.0382. The first-order valence-corrected chi connectivity index (χ1v) is 19.1. The van der Waals surface area contributed by atoms with E-state index in [2.05, 4.69) is 55.1 Å². The molecule has 2 aromatic carbocycles. The number of hydrogen-bond donors (Lipinski definition) is 2. The quantitative estimate of drug-likeness (QED) is 0.103. The van der Waals surface area contributed by atoms with E-state index < -0.39 is 5.97 Å². The summed E-state index contributed by atoms with van der Waals surface area (Å²) in [6.45, 7) is 17.1. The smallest absolute Gasteiger partial charge is 0.335 e. The predicted octanol–water partition coefficient (Wildman–Crippen LogP) is 11.3. The molecular weight excluding hydrogens is 640 g/mol. The number of unbranched alkanes of at least 4 members (excludes halogenated alkanes) is 3. The number of rotatable bonds is 24. The van der Waals surface area contributed by atoms with Crippen molar-refractivity contribution in [3.05, 3.63) is 41.0 Å². The van der Waals surface area contributed by atoms with Crippen LogP contribution >= 0.6 is 0 Å². The second-order valence-electron chi connectivity index (χ2n) is 13.4. The number of benzene rings is 2. The molecule has 10 nitrogen and oxygen atoms in total. The van der Waals surface area contributed by atoms with E-state index in [0.717, 1.165) is 89.4 Å². The third-order valence-corrected chi connectivity index (χ3v) is 9.64. The number of carbonyl (C=O) groups excluding carboxylic acids is 1. The largest absolute Gasteiger partial charge is 0.492 e. The second-order valence-corrected chi connectivity index (χ2v) is 13.4. The minimum Gasteiger partial charge on any atom is -0.492 e. The number of ether oxygens (including phenoxy) is 1. The number of carbonyl (C=O) groups is 2. The standard InChI is InChI=1S/C41H60N6O4/c1-8-15-18-29(11-4)27-47(28-30(12-5)19-16-9-2)37-23-35(44-40(48)31(13-6)20-17-10-3)36(24-38(37)51-14-7)45-46-39-33(25-42)21-32(41(49)50)22-34(39)26-43/h21-24,29-31H,8-20,27-28H2,1-7H3,(H,44,48)(H,49,50)/b46-45+. The van der Waals surface area contributed by atoms with Crippen LogP contribution in [0.15, 0.2) is 34.5 Å². The van der Waals surface area contributed by atoms with Gasteiger partial charge in [0.15, 0.2) is 0 Å². The summed E-state index contributed by atoms with van der Waals surface area (Å²) in [5.74, 6) is 0.0427. The molecule has 0 fully saturated rings. The van der Waals surface area contributed by atoms with Gasteiger partial charge in [-0.2, -0.15) is 10.5 Å². The number of hydrogen-bond acceptors (Lipinski definition) is 8. The van der Waals surface area contributed by atoms with E-state index in [-0.39, 0.29) is 34.2 Å². The summed E-state index contributed by atoms with van der Waals surface area (Å²) in [5, 5.41) is 41.2. The Morgan fingerprint density at radius 1 is 0.804 bits per heavy atom. The van der Waals surface area contributed by atoms with E-state index >= 15 is 0 Å². The van der Waals surface area contributed by atoms with E-state index in [1.165, 1.54) is 12.1 Å². The number of azo groups is 1. The van der Waals surface area contributed by atoms with Gasteiger partial charge < -0.3 is 20.1 Å². The van der Waals surface area contributed by atoms with E-state index in [4.69, 9.17) is 4.74 Å². The highest BCUT2D eigenvalue weighted by Gasteiger charge is 2.25. The third-order valence-electron chi connectivity index (χ3n) is 9.64. The fraction of sp³-hybridized carbons (Fsp3) is 0.610. The van der Waals surface area contributed by atoms with Gasteiger partial charge in [0.2, 0.25) is 5.91 Å². The van der Waals surface area contributed by atoms with Gasteiger partial charge in [0.1, 0.15) is 29.3 Å². The molecule has 2 N–H and O–H groups in total. The van der Waals surface area contributed by atoms with Gasteiger partial charge in [-0.3, -0.25) is 4.79 Å². The van der Waals surface area contributed by atoms with Crippen molar-refractivity contribution in [3.63, 3.8) is 0 Å². The average Bonchev–Trinajstić information content (AvgIpc) is 3.13. The number of nitriles is 2. The van der Waals surface area contributed by atoms with E-state index in [1.807, 2.05) is 32.1 Å². The van der Waals surface area contributed by atoms with Crippen molar-refractivity contribution in [2.24, 2.45) is 28.0 Å². The SMILES string of the molecule is CCCCC(CC)CN(CC(CC)CCCC)c1cc(NC(=O)C(CC)CCCC)c(/N=N/c2c(C#N)cc(C(=O)O)cc2C#N)cc1OCC. The Morgan fingerprint density at radius 2 is 1.35 bits per heavy atom. The molecule has 2 rings (SSSR count). The first-order valence-electron chi connectivity index (χ1n) is 19.1. The van der Waals surface area contributed by atoms with Gasteiger partial charge in [0, 0.05) is 25.1 Å². The summed E-state index contributed by atoms with van der Waals surface area (Å²) in [7, 11) is 0. The number of anilines is 2. The maximum atomic E-state index is 13.8. The van der Waals surface area contributed by atoms with Crippen molar-refractivity contribution in [2.75, 3.05) is 29.9 Å². The van der Waals surface area contributed by atoms with Crippen LogP contribution in [0.1, 0.15) is 147 Å². The number of amides is 1. The Labute approximate surface area is 306 Å². The molecule has 3 unspecified atom stereocenters. The van der Waals surface area contributed by atoms with E-state index in [1.54, 1.807) is 6.07 Å². The Balaban J connectivity index is 2.86. The number of nitrogens with one attached hydrogen (secondary N) is 1. The highest BCUT2D eigenvalue weighted by Crippen LogP contribution is 2.42. The molecule has 10 heteroatoms. The van der Waals surface area contributed by atoms with Crippen LogP contribution in [0.5, 0.6) is 5.75 Å². The lowest BCUT2D eigenvalue weighted by atomic mass is 9.95. The van der Waals surface area contributed by atoms with Gasteiger partial charge >= 0.3 is 5.97 Å². The first kappa shape index (κ1) is 42.7. The van der Waals surface area contributed by atoms with Crippen molar-refractivity contribution >= 4 is 34.6 Å².